The number of hydrogen-bond donors (Lipinski definition) is 0. The van der Waals surface area contributed by atoms with Crippen molar-refractivity contribution in [1.29, 1.82) is 0 Å². The number of halogens is 2. The average molecular weight is 489 g/mol. The van der Waals surface area contributed by atoms with E-state index >= 15 is 0 Å². The van der Waals surface area contributed by atoms with Crippen LogP contribution in [0.5, 0.6) is 0 Å². The highest BCUT2D eigenvalue weighted by Gasteiger charge is 2.50. The van der Waals surface area contributed by atoms with E-state index in [4.69, 9.17) is 0 Å². The number of rotatable bonds is 6. The fourth-order valence-electron chi connectivity index (χ4n) is 5.81. The van der Waals surface area contributed by atoms with Gasteiger partial charge < -0.3 is 9.80 Å². The summed E-state index contributed by atoms with van der Waals surface area (Å²) in [7, 11) is 0. The zero-order valence-corrected chi connectivity index (χ0v) is 20.2. The van der Waals surface area contributed by atoms with E-state index in [0.29, 0.717) is 51.7 Å². The summed E-state index contributed by atoms with van der Waals surface area (Å²) in [6.07, 6.45) is 2.66. The summed E-state index contributed by atoms with van der Waals surface area (Å²) in [6.45, 7) is 1.81. The van der Waals surface area contributed by atoms with Gasteiger partial charge in [0.25, 0.3) is 0 Å². The molecule has 0 unspecified atom stereocenters. The maximum absolute atomic E-state index is 13.5. The molecular weight excluding hydrogens is 458 g/mol. The molecule has 3 aromatic rings. The second-order valence-corrected chi connectivity index (χ2v) is 9.77. The minimum Gasteiger partial charge on any atom is -0.358 e. The lowest BCUT2D eigenvalue weighted by molar-refractivity contribution is -0.135. The maximum atomic E-state index is 13.5. The van der Waals surface area contributed by atoms with E-state index < -0.39 is 5.54 Å². The highest BCUT2D eigenvalue weighted by Crippen LogP contribution is 2.39. The standard InChI is InChI=1S/C30H30F2N2O2/c31-24-10-6-22(7-11-24)27(23-8-12-25(32)13-9-23)14-15-29(36)33-20-17-30(18-21-33)28(35)16-19-34(30)26-4-2-1-3-5-26/h1-13,27H,14-21H2. The molecule has 0 radical (unpaired) electrons. The fourth-order valence-corrected chi connectivity index (χ4v) is 5.81. The molecule has 0 aliphatic carbocycles. The highest BCUT2D eigenvalue weighted by atomic mass is 19.1. The van der Waals surface area contributed by atoms with E-state index in [-0.39, 0.29) is 29.2 Å². The summed E-state index contributed by atoms with van der Waals surface area (Å²) in [5, 5.41) is 0. The molecule has 0 saturated carbocycles. The van der Waals surface area contributed by atoms with Gasteiger partial charge in [0.05, 0.1) is 0 Å². The molecule has 2 heterocycles. The van der Waals surface area contributed by atoms with E-state index in [1.54, 1.807) is 24.3 Å². The summed E-state index contributed by atoms with van der Waals surface area (Å²) < 4.78 is 27.0. The lowest BCUT2D eigenvalue weighted by Crippen LogP contribution is -2.56. The van der Waals surface area contributed by atoms with Crippen molar-refractivity contribution >= 4 is 17.4 Å². The van der Waals surface area contributed by atoms with Crippen molar-refractivity contribution in [2.75, 3.05) is 24.5 Å². The lowest BCUT2D eigenvalue weighted by Gasteiger charge is -2.44. The van der Waals surface area contributed by atoms with Crippen LogP contribution in [0.1, 0.15) is 49.1 Å². The van der Waals surface area contributed by atoms with Gasteiger partial charge in [0.2, 0.25) is 5.91 Å². The zero-order chi connectivity index (χ0) is 25.1. The van der Waals surface area contributed by atoms with Crippen LogP contribution in [0.2, 0.25) is 0 Å². The van der Waals surface area contributed by atoms with Crippen LogP contribution in [-0.2, 0) is 9.59 Å². The van der Waals surface area contributed by atoms with Crippen LogP contribution in [0.4, 0.5) is 14.5 Å². The number of amides is 1. The number of hydrogen-bond acceptors (Lipinski definition) is 3. The van der Waals surface area contributed by atoms with E-state index in [0.717, 1.165) is 16.8 Å². The first-order chi connectivity index (χ1) is 17.5. The molecule has 1 spiro atoms. The SMILES string of the molecule is O=C(CCC(c1ccc(F)cc1)c1ccc(F)cc1)N1CCC2(CC1)C(=O)CCN2c1ccccc1. The number of likely N-dealkylation sites (tertiary alicyclic amines) is 1. The van der Waals surface area contributed by atoms with Crippen LogP contribution in [0.3, 0.4) is 0 Å². The summed E-state index contributed by atoms with van der Waals surface area (Å²) in [6, 6.07) is 22.6. The topological polar surface area (TPSA) is 40.6 Å². The van der Waals surface area contributed by atoms with E-state index in [2.05, 4.69) is 4.90 Å². The number of carbonyl (C=O) groups excluding carboxylic acids is 2. The minimum absolute atomic E-state index is 0.0516. The van der Waals surface area contributed by atoms with Crippen LogP contribution in [0, 0.1) is 11.6 Å². The van der Waals surface area contributed by atoms with E-state index in [1.165, 1.54) is 24.3 Å². The van der Waals surface area contributed by atoms with Gasteiger partial charge in [0.15, 0.2) is 5.78 Å². The van der Waals surface area contributed by atoms with Gasteiger partial charge in [-0.25, -0.2) is 8.78 Å². The molecule has 5 rings (SSSR count). The average Bonchev–Trinajstić information content (AvgIpc) is 3.22. The third kappa shape index (κ3) is 4.77. The molecule has 36 heavy (non-hydrogen) atoms. The molecule has 2 saturated heterocycles. The number of para-hydroxylation sites is 1. The number of anilines is 1. The van der Waals surface area contributed by atoms with Gasteiger partial charge in [-0.05, 0) is 66.8 Å². The Balaban J connectivity index is 1.26. The third-order valence-corrected chi connectivity index (χ3v) is 7.80. The van der Waals surface area contributed by atoms with Crippen LogP contribution < -0.4 is 4.90 Å². The molecule has 2 aliphatic rings. The number of Topliss-reactive ketones (excluding diaryl/α,β-unsaturated/α-hetero) is 1. The quantitative estimate of drug-likeness (QED) is 0.446. The number of benzene rings is 3. The Labute approximate surface area is 210 Å². The first-order valence-corrected chi connectivity index (χ1v) is 12.6. The predicted octanol–water partition coefficient (Wildman–Crippen LogP) is 5.72. The van der Waals surface area contributed by atoms with Crippen LogP contribution in [0.25, 0.3) is 0 Å². The smallest absolute Gasteiger partial charge is 0.222 e. The Morgan fingerprint density at radius 3 is 1.92 bits per heavy atom. The Bertz CT molecular complexity index is 1160. The van der Waals surface area contributed by atoms with Crippen molar-refractivity contribution in [3.8, 4) is 0 Å². The van der Waals surface area contributed by atoms with Crippen molar-refractivity contribution < 1.29 is 18.4 Å². The van der Waals surface area contributed by atoms with Gasteiger partial charge >= 0.3 is 0 Å². The van der Waals surface area contributed by atoms with E-state index in [9.17, 15) is 18.4 Å². The predicted molar refractivity (Wildman–Crippen MR) is 136 cm³/mol. The van der Waals surface area contributed by atoms with Gasteiger partial charge in [-0.15, -0.1) is 0 Å². The van der Waals surface area contributed by atoms with Crippen molar-refractivity contribution in [3.63, 3.8) is 0 Å². The minimum atomic E-state index is -0.525. The van der Waals surface area contributed by atoms with Gasteiger partial charge in [0, 0.05) is 44.1 Å². The second kappa shape index (κ2) is 10.2. The van der Waals surface area contributed by atoms with Crippen LogP contribution in [0.15, 0.2) is 78.9 Å². The normalized spacial score (nSPS) is 17.2. The molecule has 6 heteroatoms. The summed E-state index contributed by atoms with van der Waals surface area (Å²) in [5.74, 6) is -0.458. The molecule has 2 fully saturated rings. The number of piperidine rings is 1. The number of nitrogens with zero attached hydrogens (tertiary/aromatic N) is 2. The molecule has 1 amide bonds. The monoisotopic (exact) mass is 488 g/mol. The molecule has 0 aromatic heterocycles. The highest BCUT2D eigenvalue weighted by molar-refractivity contribution is 5.96. The third-order valence-electron chi connectivity index (χ3n) is 7.80. The first kappa shape index (κ1) is 24.2. The van der Waals surface area contributed by atoms with Gasteiger partial charge in [-0.2, -0.15) is 0 Å². The summed E-state index contributed by atoms with van der Waals surface area (Å²) in [5.41, 5.74) is 2.32. The molecule has 0 N–H and O–H groups in total. The Morgan fingerprint density at radius 1 is 0.806 bits per heavy atom. The molecule has 3 aromatic carbocycles. The van der Waals surface area contributed by atoms with Crippen LogP contribution >= 0.6 is 0 Å². The number of carbonyl (C=O) groups is 2. The largest absolute Gasteiger partial charge is 0.358 e. The second-order valence-electron chi connectivity index (χ2n) is 9.77. The van der Waals surface area contributed by atoms with Gasteiger partial charge in [0.1, 0.15) is 17.2 Å². The Morgan fingerprint density at radius 2 is 1.36 bits per heavy atom. The van der Waals surface area contributed by atoms with Gasteiger partial charge in [-0.1, -0.05) is 42.5 Å². The van der Waals surface area contributed by atoms with Crippen molar-refractivity contribution in [2.24, 2.45) is 0 Å². The zero-order valence-electron chi connectivity index (χ0n) is 20.2. The summed E-state index contributed by atoms with van der Waals surface area (Å²) in [4.78, 5) is 30.3. The molecular formula is C30H30F2N2O2. The molecule has 2 aliphatic heterocycles. The Kier molecular flexibility index (Phi) is 6.86. The van der Waals surface area contributed by atoms with Crippen molar-refractivity contribution in [2.45, 2.75) is 43.6 Å². The fraction of sp³-hybridized carbons (Fsp3) is 0.333. The molecule has 186 valence electrons. The van der Waals surface area contributed by atoms with Crippen molar-refractivity contribution in [1.82, 2.24) is 4.90 Å². The first-order valence-electron chi connectivity index (χ1n) is 12.6. The summed E-state index contributed by atoms with van der Waals surface area (Å²) >= 11 is 0. The van der Waals surface area contributed by atoms with E-state index in [1.807, 2.05) is 35.2 Å². The lowest BCUT2D eigenvalue weighted by atomic mass is 9.83. The number of ketones is 1. The van der Waals surface area contributed by atoms with Crippen molar-refractivity contribution in [3.05, 3.63) is 102 Å². The Hall–Kier alpha value is -3.54. The molecule has 0 atom stereocenters. The van der Waals surface area contributed by atoms with Crippen LogP contribution in [-0.4, -0.2) is 41.8 Å². The van der Waals surface area contributed by atoms with Gasteiger partial charge in [-0.3, -0.25) is 9.59 Å². The molecule has 4 nitrogen and oxygen atoms in total. The maximum Gasteiger partial charge on any atom is 0.222 e. The molecule has 0 bridgehead atoms.